The van der Waals surface area contributed by atoms with Crippen LogP contribution in [0.2, 0.25) is 5.02 Å². The SMILES string of the molecule is CC1=NC(=Cc2c(O)n(-c3ccc(Cl)cc3)c(=S)[nH]c2=O)C(C)=C1CCC(=O)O. The van der Waals surface area contributed by atoms with Crippen LogP contribution in [0.25, 0.3) is 11.8 Å². The number of halogens is 1. The summed E-state index contributed by atoms with van der Waals surface area (Å²) in [6.45, 7) is 3.59. The van der Waals surface area contributed by atoms with Gasteiger partial charge in [-0.25, -0.2) is 0 Å². The highest BCUT2D eigenvalue weighted by molar-refractivity contribution is 7.71. The van der Waals surface area contributed by atoms with E-state index in [1.54, 1.807) is 31.2 Å². The van der Waals surface area contributed by atoms with Crippen LogP contribution < -0.4 is 5.56 Å². The minimum Gasteiger partial charge on any atom is -0.494 e. The van der Waals surface area contributed by atoms with Crippen molar-refractivity contribution in [1.82, 2.24) is 9.55 Å². The number of benzene rings is 1. The molecule has 0 saturated carbocycles. The smallest absolute Gasteiger partial charge is 0.303 e. The van der Waals surface area contributed by atoms with Gasteiger partial charge in [0.15, 0.2) is 4.77 Å². The standard InChI is InChI=1S/C20H18ClN3O4S/c1-10-14(7-8-17(25)26)11(2)22-16(10)9-15-18(27)23-20(29)24(19(15)28)13-5-3-12(21)4-6-13/h3-6,9,28H,7-8H2,1-2H3,(H,25,26)(H,23,27,29). The summed E-state index contributed by atoms with van der Waals surface area (Å²) in [4.78, 5) is 30.3. The predicted molar refractivity (Wildman–Crippen MR) is 115 cm³/mol. The van der Waals surface area contributed by atoms with Crippen molar-refractivity contribution in [2.75, 3.05) is 0 Å². The molecule has 0 aliphatic carbocycles. The number of hydrogen-bond donors (Lipinski definition) is 3. The Kier molecular flexibility index (Phi) is 5.86. The Morgan fingerprint density at radius 3 is 2.59 bits per heavy atom. The predicted octanol–water partition coefficient (Wildman–Crippen LogP) is 4.25. The Balaban J connectivity index is 2.12. The third-order valence-corrected chi connectivity index (χ3v) is 5.17. The fraction of sp³-hybridized carbons (Fsp3) is 0.200. The van der Waals surface area contributed by atoms with Gasteiger partial charge in [0.1, 0.15) is 5.56 Å². The number of aromatic amines is 1. The molecule has 3 N–H and O–H groups in total. The van der Waals surface area contributed by atoms with Crippen LogP contribution in [0.15, 0.2) is 50.9 Å². The second-order valence-electron chi connectivity index (χ2n) is 6.53. The third kappa shape index (κ3) is 4.23. The molecular weight excluding hydrogens is 414 g/mol. The molecule has 0 unspecified atom stereocenters. The molecule has 0 radical (unpaired) electrons. The lowest BCUT2D eigenvalue weighted by Gasteiger charge is -2.12. The summed E-state index contributed by atoms with van der Waals surface area (Å²) in [5.74, 6) is -1.22. The molecule has 3 rings (SSSR count). The Morgan fingerprint density at radius 2 is 1.97 bits per heavy atom. The average Bonchev–Trinajstić information content (AvgIpc) is 2.91. The maximum absolute atomic E-state index is 12.5. The van der Waals surface area contributed by atoms with Gasteiger partial charge >= 0.3 is 5.97 Å². The van der Waals surface area contributed by atoms with E-state index in [2.05, 4.69) is 9.98 Å². The first-order chi connectivity index (χ1) is 13.7. The first-order valence-electron chi connectivity index (χ1n) is 8.72. The number of rotatable bonds is 5. The molecule has 0 spiro atoms. The highest BCUT2D eigenvalue weighted by Gasteiger charge is 2.20. The van der Waals surface area contributed by atoms with E-state index in [0.717, 1.165) is 11.1 Å². The van der Waals surface area contributed by atoms with E-state index in [0.29, 0.717) is 28.5 Å². The number of H-pyrrole nitrogens is 1. The van der Waals surface area contributed by atoms with Gasteiger partial charge in [-0.3, -0.25) is 24.1 Å². The van der Waals surface area contributed by atoms with Crippen molar-refractivity contribution in [1.29, 1.82) is 0 Å². The van der Waals surface area contributed by atoms with E-state index in [1.807, 2.05) is 6.92 Å². The second-order valence-corrected chi connectivity index (χ2v) is 7.36. The van der Waals surface area contributed by atoms with Crippen LogP contribution in [-0.2, 0) is 4.79 Å². The number of hydrogen-bond acceptors (Lipinski definition) is 5. The van der Waals surface area contributed by atoms with Gasteiger partial charge in [0.2, 0.25) is 5.88 Å². The molecule has 7 nitrogen and oxygen atoms in total. The van der Waals surface area contributed by atoms with Crippen LogP contribution in [0.5, 0.6) is 5.88 Å². The summed E-state index contributed by atoms with van der Waals surface area (Å²) in [7, 11) is 0. The summed E-state index contributed by atoms with van der Waals surface area (Å²) < 4.78 is 1.37. The molecule has 9 heteroatoms. The molecule has 1 aromatic carbocycles. The number of aromatic hydroxyl groups is 1. The van der Waals surface area contributed by atoms with Gasteiger partial charge in [-0.2, -0.15) is 0 Å². The fourth-order valence-electron chi connectivity index (χ4n) is 3.13. The summed E-state index contributed by atoms with van der Waals surface area (Å²) in [6, 6.07) is 6.63. The molecule has 1 aliphatic rings. The molecule has 1 aromatic heterocycles. The zero-order chi connectivity index (χ0) is 21.3. The quantitative estimate of drug-likeness (QED) is 0.613. The van der Waals surface area contributed by atoms with Crippen molar-refractivity contribution in [3.05, 3.63) is 66.8 Å². The van der Waals surface area contributed by atoms with Crippen LogP contribution in [0.1, 0.15) is 32.3 Å². The Bertz CT molecular complexity index is 1200. The van der Waals surface area contributed by atoms with Crippen molar-refractivity contribution >= 4 is 41.6 Å². The molecule has 0 amide bonds. The number of aliphatic imine (C=N–C) groups is 1. The maximum atomic E-state index is 12.5. The number of aliphatic carboxylic acids is 1. The van der Waals surface area contributed by atoms with Gasteiger partial charge in [0.05, 0.1) is 11.4 Å². The van der Waals surface area contributed by atoms with E-state index in [4.69, 9.17) is 28.9 Å². The Hall–Kier alpha value is -2.97. The number of nitrogens with one attached hydrogen (secondary N) is 1. The van der Waals surface area contributed by atoms with Gasteiger partial charge in [-0.05, 0) is 74.0 Å². The first-order valence-corrected chi connectivity index (χ1v) is 9.51. The molecule has 0 bridgehead atoms. The molecule has 0 fully saturated rings. The fourth-order valence-corrected chi connectivity index (χ4v) is 3.54. The molecule has 29 heavy (non-hydrogen) atoms. The molecule has 0 atom stereocenters. The second kappa shape index (κ2) is 8.18. The van der Waals surface area contributed by atoms with Crippen molar-refractivity contribution in [3.8, 4) is 11.6 Å². The lowest BCUT2D eigenvalue weighted by molar-refractivity contribution is -0.136. The number of carbonyl (C=O) groups is 1. The highest BCUT2D eigenvalue weighted by Crippen LogP contribution is 2.31. The third-order valence-electron chi connectivity index (χ3n) is 4.64. The monoisotopic (exact) mass is 431 g/mol. The van der Waals surface area contributed by atoms with Crippen molar-refractivity contribution in [3.63, 3.8) is 0 Å². The number of aromatic nitrogens is 2. The van der Waals surface area contributed by atoms with Crippen LogP contribution in [0.4, 0.5) is 0 Å². The normalized spacial score (nSPS) is 15.1. The summed E-state index contributed by atoms with van der Waals surface area (Å²) in [5, 5.41) is 20.2. The van der Waals surface area contributed by atoms with E-state index in [1.165, 1.54) is 10.6 Å². The summed E-state index contributed by atoms with van der Waals surface area (Å²) in [5.41, 5.74) is 2.75. The molecule has 1 aliphatic heterocycles. The van der Waals surface area contributed by atoms with Crippen LogP contribution in [0.3, 0.4) is 0 Å². The van der Waals surface area contributed by atoms with E-state index in [9.17, 15) is 14.7 Å². The van der Waals surface area contributed by atoms with Crippen molar-refractivity contribution < 1.29 is 15.0 Å². The molecular formula is C20H18ClN3O4S. The number of nitrogens with zero attached hydrogens (tertiary/aromatic N) is 2. The zero-order valence-corrected chi connectivity index (χ0v) is 17.3. The number of allylic oxidation sites excluding steroid dienone is 2. The van der Waals surface area contributed by atoms with Gasteiger partial charge in [-0.15, -0.1) is 0 Å². The first kappa shape index (κ1) is 20.8. The van der Waals surface area contributed by atoms with Crippen LogP contribution in [-0.4, -0.2) is 31.4 Å². The number of carboxylic acids is 1. The molecule has 150 valence electrons. The van der Waals surface area contributed by atoms with Crippen LogP contribution in [0, 0.1) is 4.77 Å². The summed E-state index contributed by atoms with van der Waals surface area (Å²) in [6.07, 6.45) is 1.80. The lowest BCUT2D eigenvalue weighted by atomic mass is 10.0. The molecule has 0 saturated heterocycles. The zero-order valence-electron chi connectivity index (χ0n) is 15.7. The van der Waals surface area contributed by atoms with Gasteiger partial charge in [0.25, 0.3) is 5.56 Å². The van der Waals surface area contributed by atoms with E-state index < -0.39 is 11.5 Å². The largest absolute Gasteiger partial charge is 0.494 e. The van der Waals surface area contributed by atoms with Gasteiger partial charge in [-0.1, -0.05) is 11.6 Å². The highest BCUT2D eigenvalue weighted by atomic mass is 35.5. The van der Waals surface area contributed by atoms with E-state index >= 15 is 0 Å². The topological polar surface area (TPSA) is 108 Å². The minimum absolute atomic E-state index is 0.000986. The Labute approximate surface area is 176 Å². The molecule has 2 aromatic rings. The maximum Gasteiger partial charge on any atom is 0.303 e. The van der Waals surface area contributed by atoms with Crippen molar-refractivity contribution in [2.45, 2.75) is 26.7 Å². The van der Waals surface area contributed by atoms with Crippen molar-refractivity contribution in [2.24, 2.45) is 4.99 Å². The van der Waals surface area contributed by atoms with Gasteiger partial charge < -0.3 is 10.2 Å². The Morgan fingerprint density at radius 1 is 1.31 bits per heavy atom. The summed E-state index contributed by atoms with van der Waals surface area (Å²) >= 11 is 11.1. The average molecular weight is 432 g/mol. The van der Waals surface area contributed by atoms with Crippen LogP contribution >= 0.6 is 23.8 Å². The van der Waals surface area contributed by atoms with Gasteiger partial charge in [0, 0.05) is 17.2 Å². The van der Waals surface area contributed by atoms with E-state index in [-0.39, 0.29) is 22.6 Å². The molecule has 2 heterocycles. The number of carboxylic acid groups (broad SMARTS) is 1. The minimum atomic E-state index is -0.894. The lowest BCUT2D eigenvalue weighted by Crippen LogP contribution is -2.16.